The largest absolute Gasteiger partial charge is 0.497 e. The van der Waals surface area contributed by atoms with Gasteiger partial charge in [0.05, 0.1) is 23.4 Å². The molecule has 20 heavy (non-hydrogen) atoms. The number of anilines is 2. The van der Waals surface area contributed by atoms with Gasteiger partial charge >= 0.3 is 0 Å². The Hall–Kier alpha value is -2.28. The first kappa shape index (κ1) is 14.1. The van der Waals surface area contributed by atoms with Gasteiger partial charge in [0.25, 0.3) is 10.0 Å². The van der Waals surface area contributed by atoms with Crippen molar-refractivity contribution in [3.63, 3.8) is 0 Å². The number of hydrogen-bond donors (Lipinski definition) is 2. The predicted octanol–water partition coefficient (Wildman–Crippen LogP) is 2.22. The molecule has 0 radical (unpaired) electrons. The molecule has 0 aliphatic rings. The molecular weight excluding hydrogens is 283 g/mol. The zero-order chi connectivity index (χ0) is 14.8. The normalized spacial score (nSPS) is 11.1. The molecule has 0 aromatic heterocycles. The van der Waals surface area contributed by atoms with Gasteiger partial charge in [-0.2, -0.15) is 0 Å². The zero-order valence-electron chi connectivity index (χ0n) is 10.6. The maximum atomic E-state index is 12.8. The molecule has 0 spiro atoms. The highest BCUT2D eigenvalue weighted by Gasteiger charge is 2.16. The first-order valence-corrected chi connectivity index (χ1v) is 7.12. The number of rotatable bonds is 4. The number of sulfonamides is 1. The van der Waals surface area contributed by atoms with Crippen LogP contribution in [0.15, 0.2) is 47.4 Å². The number of hydrogen-bond acceptors (Lipinski definition) is 4. The molecule has 0 saturated heterocycles. The average molecular weight is 296 g/mol. The predicted molar refractivity (Wildman–Crippen MR) is 74.6 cm³/mol. The van der Waals surface area contributed by atoms with Gasteiger partial charge in [-0.15, -0.1) is 0 Å². The molecule has 0 aliphatic heterocycles. The lowest BCUT2D eigenvalue weighted by molar-refractivity contribution is 0.415. The summed E-state index contributed by atoms with van der Waals surface area (Å²) in [5.74, 6) is -0.0409. The summed E-state index contributed by atoms with van der Waals surface area (Å²) in [5, 5.41) is 0. The first-order valence-electron chi connectivity index (χ1n) is 5.64. The number of nitrogen functional groups attached to an aromatic ring is 1. The Kier molecular flexibility index (Phi) is 3.80. The summed E-state index contributed by atoms with van der Waals surface area (Å²) in [6, 6.07) is 9.11. The van der Waals surface area contributed by atoms with Crippen molar-refractivity contribution in [3.05, 3.63) is 48.3 Å². The second kappa shape index (κ2) is 5.38. The molecule has 0 bridgehead atoms. The third-order valence-corrected chi connectivity index (χ3v) is 4.01. The molecule has 0 atom stereocenters. The Morgan fingerprint density at radius 3 is 2.40 bits per heavy atom. The summed E-state index contributed by atoms with van der Waals surface area (Å²) < 4.78 is 44.4. The average Bonchev–Trinajstić information content (AvgIpc) is 2.41. The molecule has 5 nitrogen and oxygen atoms in total. The van der Waals surface area contributed by atoms with Gasteiger partial charge in [-0.3, -0.25) is 4.72 Å². The quantitative estimate of drug-likeness (QED) is 0.848. The fourth-order valence-electron chi connectivity index (χ4n) is 1.57. The topological polar surface area (TPSA) is 81.4 Å². The third-order valence-electron chi connectivity index (χ3n) is 2.63. The summed E-state index contributed by atoms with van der Waals surface area (Å²) in [7, 11) is -2.37. The van der Waals surface area contributed by atoms with Gasteiger partial charge in [0, 0.05) is 6.07 Å². The molecule has 0 unspecified atom stereocenters. The molecular formula is C13H13FN2O3S. The van der Waals surface area contributed by atoms with Crippen LogP contribution in [0, 0.1) is 5.82 Å². The van der Waals surface area contributed by atoms with Gasteiger partial charge in [0.1, 0.15) is 11.6 Å². The van der Waals surface area contributed by atoms with Crippen molar-refractivity contribution in [1.29, 1.82) is 0 Å². The van der Waals surface area contributed by atoms with Crippen LogP contribution in [0.3, 0.4) is 0 Å². The van der Waals surface area contributed by atoms with E-state index in [-0.39, 0.29) is 16.3 Å². The van der Waals surface area contributed by atoms with E-state index in [0.717, 1.165) is 12.1 Å². The summed E-state index contributed by atoms with van der Waals surface area (Å²) in [4.78, 5) is -0.0545. The van der Waals surface area contributed by atoms with Crippen molar-refractivity contribution in [1.82, 2.24) is 0 Å². The van der Waals surface area contributed by atoms with E-state index in [4.69, 9.17) is 10.5 Å². The van der Waals surface area contributed by atoms with Crippen LogP contribution in [0.2, 0.25) is 0 Å². The molecule has 2 aromatic rings. The van der Waals surface area contributed by atoms with Gasteiger partial charge in [-0.05, 0) is 36.4 Å². The van der Waals surface area contributed by atoms with E-state index in [1.165, 1.54) is 31.4 Å². The van der Waals surface area contributed by atoms with Crippen molar-refractivity contribution in [3.8, 4) is 5.75 Å². The zero-order valence-corrected chi connectivity index (χ0v) is 11.4. The number of methoxy groups -OCH3 is 1. The van der Waals surface area contributed by atoms with Crippen LogP contribution in [0.4, 0.5) is 15.8 Å². The number of nitrogens with one attached hydrogen (secondary N) is 1. The molecule has 106 valence electrons. The van der Waals surface area contributed by atoms with E-state index in [9.17, 15) is 12.8 Å². The summed E-state index contributed by atoms with van der Waals surface area (Å²) >= 11 is 0. The molecule has 0 fully saturated rings. The third kappa shape index (κ3) is 3.00. The second-order valence-corrected chi connectivity index (χ2v) is 5.70. The van der Waals surface area contributed by atoms with Crippen LogP contribution in [-0.4, -0.2) is 15.5 Å². The highest BCUT2D eigenvalue weighted by Crippen LogP contribution is 2.26. The van der Waals surface area contributed by atoms with Gasteiger partial charge in [-0.1, -0.05) is 0 Å². The smallest absolute Gasteiger partial charge is 0.261 e. The lowest BCUT2D eigenvalue weighted by atomic mass is 10.2. The molecule has 0 amide bonds. The standard InChI is InChI=1S/C13H13FN2O3S/c1-19-10-4-7-12(15)13(8-10)16-20(17,18)11-5-2-9(14)3-6-11/h2-8,16H,15H2,1H3. The Morgan fingerprint density at radius 1 is 1.15 bits per heavy atom. The van der Waals surface area contributed by atoms with Gasteiger partial charge in [-0.25, -0.2) is 12.8 Å². The molecule has 2 rings (SSSR count). The van der Waals surface area contributed by atoms with E-state index in [2.05, 4.69) is 4.72 Å². The van der Waals surface area contributed by atoms with E-state index >= 15 is 0 Å². The first-order chi connectivity index (χ1) is 9.42. The lowest BCUT2D eigenvalue weighted by Gasteiger charge is -2.11. The van der Waals surface area contributed by atoms with E-state index in [1.807, 2.05) is 0 Å². The summed E-state index contributed by atoms with van der Waals surface area (Å²) in [6.45, 7) is 0. The minimum absolute atomic E-state index is 0.0545. The summed E-state index contributed by atoms with van der Waals surface area (Å²) in [6.07, 6.45) is 0. The van der Waals surface area contributed by atoms with Gasteiger partial charge < -0.3 is 10.5 Å². The summed E-state index contributed by atoms with van der Waals surface area (Å²) in [5.41, 5.74) is 6.17. The van der Waals surface area contributed by atoms with Crippen LogP contribution in [0.5, 0.6) is 5.75 Å². The number of ether oxygens (including phenoxy) is 1. The molecule has 0 heterocycles. The molecule has 3 N–H and O–H groups in total. The van der Waals surface area contributed by atoms with Crippen molar-refractivity contribution in [2.45, 2.75) is 4.90 Å². The molecule has 0 aliphatic carbocycles. The fourth-order valence-corrected chi connectivity index (χ4v) is 2.65. The number of halogens is 1. The Balaban J connectivity index is 2.35. The van der Waals surface area contributed by atoms with Crippen LogP contribution in [0.1, 0.15) is 0 Å². The lowest BCUT2D eigenvalue weighted by Crippen LogP contribution is -2.14. The minimum atomic E-state index is -3.83. The van der Waals surface area contributed by atoms with Crippen LogP contribution in [-0.2, 0) is 10.0 Å². The second-order valence-electron chi connectivity index (χ2n) is 4.01. The molecule has 2 aromatic carbocycles. The Bertz CT molecular complexity index is 715. The fraction of sp³-hybridized carbons (Fsp3) is 0.0769. The van der Waals surface area contributed by atoms with Crippen LogP contribution >= 0.6 is 0 Å². The molecule has 7 heteroatoms. The maximum Gasteiger partial charge on any atom is 0.261 e. The SMILES string of the molecule is COc1ccc(N)c(NS(=O)(=O)c2ccc(F)cc2)c1. The van der Waals surface area contributed by atoms with E-state index in [1.54, 1.807) is 6.07 Å². The number of benzene rings is 2. The van der Waals surface area contributed by atoms with Crippen LogP contribution < -0.4 is 15.2 Å². The van der Waals surface area contributed by atoms with Crippen molar-refractivity contribution < 1.29 is 17.5 Å². The van der Waals surface area contributed by atoms with Gasteiger partial charge in [0.2, 0.25) is 0 Å². The van der Waals surface area contributed by atoms with E-state index < -0.39 is 15.8 Å². The number of nitrogens with two attached hydrogens (primary N) is 1. The molecule has 0 saturated carbocycles. The Labute approximate surface area is 116 Å². The highest BCUT2D eigenvalue weighted by molar-refractivity contribution is 7.92. The minimum Gasteiger partial charge on any atom is -0.497 e. The van der Waals surface area contributed by atoms with E-state index in [0.29, 0.717) is 5.75 Å². The van der Waals surface area contributed by atoms with Crippen LogP contribution in [0.25, 0.3) is 0 Å². The highest BCUT2D eigenvalue weighted by atomic mass is 32.2. The maximum absolute atomic E-state index is 12.8. The van der Waals surface area contributed by atoms with Crippen molar-refractivity contribution in [2.75, 3.05) is 17.6 Å². The van der Waals surface area contributed by atoms with Gasteiger partial charge in [0.15, 0.2) is 0 Å². The Morgan fingerprint density at radius 2 is 1.80 bits per heavy atom. The monoisotopic (exact) mass is 296 g/mol. The van der Waals surface area contributed by atoms with Crippen molar-refractivity contribution in [2.24, 2.45) is 0 Å². The van der Waals surface area contributed by atoms with Crippen molar-refractivity contribution >= 4 is 21.4 Å².